The van der Waals surface area contributed by atoms with E-state index >= 15 is 0 Å². The standard InChI is InChI=1S/C14H15ClN4/c15-12-9-13(18-14(16)17-12)19-7-5-10-3-1-2-4-11(10)6-8-19/h1-4,9H,5-8H2,(H2,16,17,18). The topological polar surface area (TPSA) is 55.0 Å². The molecule has 0 aliphatic carbocycles. The highest BCUT2D eigenvalue weighted by Gasteiger charge is 2.15. The minimum atomic E-state index is 0.226. The van der Waals surface area contributed by atoms with Crippen LogP contribution in [0.25, 0.3) is 0 Å². The predicted octanol–water partition coefficient (Wildman–Crippen LogP) is 2.32. The van der Waals surface area contributed by atoms with Crippen LogP contribution in [0.4, 0.5) is 11.8 Å². The average molecular weight is 275 g/mol. The van der Waals surface area contributed by atoms with Gasteiger partial charge >= 0.3 is 0 Å². The van der Waals surface area contributed by atoms with Crippen molar-refractivity contribution in [1.29, 1.82) is 0 Å². The number of nitrogens with zero attached hydrogens (tertiary/aromatic N) is 3. The SMILES string of the molecule is Nc1nc(Cl)cc(N2CCc3ccccc3CC2)n1. The lowest BCUT2D eigenvalue weighted by molar-refractivity contribution is 0.789. The van der Waals surface area contributed by atoms with Gasteiger partial charge in [-0.3, -0.25) is 0 Å². The molecule has 1 aliphatic rings. The van der Waals surface area contributed by atoms with Crippen LogP contribution >= 0.6 is 11.6 Å². The van der Waals surface area contributed by atoms with Crippen LogP contribution in [-0.2, 0) is 12.8 Å². The molecular weight excluding hydrogens is 260 g/mol. The normalized spacial score (nSPS) is 14.9. The molecule has 0 spiro atoms. The first kappa shape index (κ1) is 12.2. The fourth-order valence-corrected chi connectivity index (χ4v) is 2.67. The van der Waals surface area contributed by atoms with Crippen LogP contribution in [-0.4, -0.2) is 23.1 Å². The molecule has 0 fully saturated rings. The van der Waals surface area contributed by atoms with E-state index in [4.69, 9.17) is 17.3 Å². The number of hydrogen-bond donors (Lipinski definition) is 1. The molecule has 1 aliphatic heterocycles. The van der Waals surface area contributed by atoms with Crippen LogP contribution in [0, 0.1) is 0 Å². The zero-order chi connectivity index (χ0) is 13.2. The summed E-state index contributed by atoms with van der Waals surface area (Å²) in [5.74, 6) is 1.04. The number of nitrogen functional groups attached to an aromatic ring is 1. The van der Waals surface area contributed by atoms with Crippen molar-refractivity contribution in [2.24, 2.45) is 0 Å². The third-order valence-corrected chi connectivity index (χ3v) is 3.64. The zero-order valence-corrected chi connectivity index (χ0v) is 11.3. The summed E-state index contributed by atoms with van der Waals surface area (Å²) >= 11 is 5.94. The summed E-state index contributed by atoms with van der Waals surface area (Å²) in [4.78, 5) is 10.4. The number of rotatable bonds is 1. The van der Waals surface area contributed by atoms with Gasteiger partial charge in [-0.15, -0.1) is 0 Å². The fourth-order valence-electron chi connectivity index (χ4n) is 2.48. The van der Waals surface area contributed by atoms with Gasteiger partial charge in [-0.25, -0.2) is 4.98 Å². The number of anilines is 2. The molecule has 98 valence electrons. The van der Waals surface area contributed by atoms with E-state index in [1.807, 2.05) is 0 Å². The Labute approximate surface area is 117 Å². The second-order valence-corrected chi connectivity index (χ2v) is 5.05. The van der Waals surface area contributed by atoms with Gasteiger partial charge in [0.2, 0.25) is 5.95 Å². The molecule has 0 saturated heterocycles. The summed E-state index contributed by atoms with van der Waals surface area (Å²) in [6, 6.07) is 10.3. The summed E-state index contributed by atoms with van der Waals surface area (Å²) in [6.07, 6.45) is 2.02. The molecular formula is C14H15ClN4. The summed E-state index contributed by atoms with van der Waals surface area (Å²) in [6.45, 7) is 1.84. The maximum atomic E-state index is 5.94. The number of nitrogens with two attached hydrogens (primary N) is 1. The molecule has 0 atom stereocenters. The molecule has 0 bridgehead atoms. The molecule has 0 saturated carbocycles. The van der Waals surface area contributed by atoms with Gasteiger partial charge in [0.25, 0.3) is 0 Å². The van der Waals surface area contributed by atoms with Crippen LogP contribution in [0.5, 0.6) is 0 Å². The summed E-state index contributed by atoms with van der Waals surface area (Å²) in [7, 11) is 0. The van der Waals surface area contributed by atoms with Crippen molar-refractivity contribution in [2.45, 2.75) is 12.8 Å². The number of halogens is 1. The van der Waals surface area contributed by atoms with Crippen molar-refractivity contribution < 1.29 is 0 Å². The van der Waals surface area contributed by atoms with Crippen molar-refractivity contribution >= 4 is 23.4 Å². The molecule has 19 heavy (non-hydrogen) atoms. The molecule has 5 heteroatoms. The van der Waals surface area contributed by atoms with E-state index in [1.54, 1.807) is 6.07 Å². The van der Waals surface area contributed by atoms with Gasteiger partial charge < -0.3 is 10.6 Å². The lowest BCUT2D eigenvalue weighted by Crippen LogP contribution is -2.27. The Kier molecular flexibility index (Phi) is 3.25. The lowest BCUT2D eigenvalue weighted by atomic mass is 10.0. The van der Waals surface area contributed by atoms with Gasteiger partial charge in [-0.1, -0.05) is 35.9 Å². The highest BCUT2D eigenvalue weighted by molar-refractivity contribution is 6.29. The Morgan fingerprint density at radius 3 is 2.26 bits per heavy atom. The minimum absolute atomic E-state index is 0.226. The second-order valence-electron chi connectivity index (χ2n) is 4.66. The first-order chi connectivity index (χ1) is 9.22. The van der Waals surface area contributed by atoms with Gasteiger partial charge in [-0.05, 0) is 24.0 Å². The quantitative estimate of drug-likeness (QED) is 0.811. The molecule has 0 amide bonds. The summed E-state index contributed by atoms with van der Waals surface area (Å²) < 4.78 is 0. The van der Waals surface area contributed by atoms with Gasteiger partial charge in [0, 0.05) is 19.2 Å². The molecule has 3 rings (SSSR count). The van der Waals surface area contributed by atoms with E-state index in [2.05, 4.69) is 39.1 Å². The van der Waals surface area contributed by atoms with Crippen LogP contribution < -0.4 is 10.6 Å². The Bertz CT molecular complexity index is 552. The third-order valence-electron chi connectivity index (χ3n) is 3.44. The predicted molar refractivity (Wildman–Crippen MR) is 77.5 cm³/mol. The molecule has 0 unspecified atom stereocenters. The van der Waals surface area contributed by atoms with Gasteiger partial charge in [0.15, 0.2) is 0 Å². The molecule has 1 aromatic carbocycles. The van der Waals surface area contributed by atoms with Gasteiger partial charge in [-0.2, -0.15) is 4.98 Å². The maximum Gasteiger partial charge on any atom is 0.223 e. The highest BCUT2D eigenvalue weighted by atomic mass is 35.5. The first-order valence-electron chi connectivity index (χ1n) is 6.34. The first-order valence-corrected chi connectivity index (χ1v) is 6.72. The Hall–Kier alpha value is -1.81. The summed E-state index contributed by atoms with van der Waals surface area (Å²) in [5.41, 5.74) is 8.49. The minimum Gasteiger partial charge on any atom is -0.368 e. The molecule has 2 aromatic rings. The van der Waals surface area contributed by atoms with Crippen LogP contribution in [0.2, 0.25) is 5.15 Å². The van der Waals surface area contributed by atoms with Gasteiger partial charge in [0.1, 0.15) is 11.0 Å². The van der Waals surface area contributed by atoms with Crippen molar-refractivity contribution in [2.75, 3.05) is 23.7 Å². The van der Waals surface area contributed by atoms with Crippen molar-refractivity contribution in [3.63, 3.8) is 0 Å². The maximum absolute atomic E-state index is 5.94. The van der Waals surface area contributed by atoms with Crippen LogP contribution in [0.3, 0.4) is 0 Å². The smallest absolute Gasteiger partial charge is 0.223 e. The van der Waals surface area contributed by atoms with Crippen molar-refractivity contribution in [1.82, 2.24) is 9.97 Å². The van der Waals surface area contributed by atoms with E-state index < -0.39 is 0 Å². The molecule has 0 radical (unpaired) electrons. The largest absolute Gasteiger partial charge is 0.368 e. The van der Waals surface area contributed by atoms with E-state index in [0.29, 0.717) is 5.15 Å². The lowest BCUT2D eigenvalue weighted by Gasteiger charge is -2.21. The van der Waals surface area contributed by atoms with E-state index in [-0.39, 0.29) is 5.95 Å². The number of aromatic nitrogens is 2. The Morgan fingerprint density at radius 1 is 1.05 bits per heavy atom. The summed E-state index contributed by atoms with van der Waals surface area (Å²) in [5, 5.41) is 0.393. The van der Waals surface area contributed by atoms with Crippen molar-refractivity contribution in [3.05, 3.63) is 46.6 Å². The van der Waals surface area contributed by atoms with Gasteiger partial charge in [0.05, 0.1) is 0 Å². The van der Waals surface area contributed by atoms with Crippen LogP contribution in [0.15, 0.2) is 30.3 Å². The monoisotopic (exact) mass is 274 g/mol. The van der Waals surface area contributed by atoms with Crippen molar-refractivity contribution in [3.8, 4) is 0 Å². The average Bonchev–Trinajstić information content (AvgIpc) is 2.60. The zero-order valence-electron chi connectivity index (χ0n) is 10.5. The third kappa shape index (κ3) is 2.63. The van der Waals surface area contributed by atoms with E-state index in [1.165, 1.54) is 11.1 Å². The van der Waals surface area contributed by atoms with Crippen LogP contribution in [0.1, 0.15) is 11.1 Å². The highest BCUT2D eigenvalue weighted by Crippen LogP contribution is 2.21. The van der Waals surface area contributed by atoms with E-state index in [9.17, 15) is 0 Å². The number of benzene rings is 1. The second kappa shape index (κ2) is 5.05. The Morgan fingerprint density at radius 2 is 1.68 bits per heavy atom. The fraction of sp³-hybridized carbons (Fsp3) is 0.286. The Balaban J connectivity index is 1.85. The molecule has 1 aromatic heterocycles. The molecule has 4 nitrogen and oxygen atoms in total. The number of fused-ring (bicyclic) bond motifs is 1. The molecule has 2 N–H and O–H groups in total. The molecule has 2 heterocycles. The van der Waals surface area contributed by atoms with E-state index in [0.717, 1.165) is 31.7 Å². The number of hydrogen-bond acceptors (Lipinski definition) is 4.